The number of fused-ring (bicyclic) bond motifs is 1. The minimum absolute atomic E-state index is 0.0574. The molecule has 1 aliphatic heterocycles. The molecular weight excluding hydrogens is 324 g/mol. The van der Waals surface area contributed by atoms with E-state index in [9.17, 15) is 4.79 Å². The minimum atomic E-state index is -0.0574. The largest absolute Gasteiger partial charge is 0.493 e. The molecule has 1 aliphatic rings. The molecule has 0 saturated heterocycles. The van der Waals surface area contributed by atoms with Crippen LogP contribution in [0.4, 0.5) is 11.4 Å². The Balaban J connectivity index is 1.52. The van der Waals surface area contributed by atoms with Crippen molar-refractivity contribution < 1.29 is 9.53 Å². The Morgan fingerprint density at radius 2 is 2.17 bits per heavy atom. The lowest BCUT2D eigenvalue weighted by Crippen LogP contribution is -2.19. The molecule has 0 aromatic heterocycles. The monoisotopic (exact) mass is 344 g/mol. The van der Waals surface area contributed by atoms with Crippen molar-refractivity contribution in [1.29, 1.82) is 0 Å². The Morgan fingerprint density at radius 1 is 1.29 bits per heavy atom. The summed E-state index contributed by atoms with van der Waals surface area (Å²) in [6.45, 7) is 4.50. The van der Waals surface area contributed by atoms with Gasteiger partial charge in [-0.25, -0.2) is 0 Å². The summed E-state index contributed by atoms with van der Waals surface area (Å²) >= 11 is 5.90. The van der Waals surface area contributed by atoms with Crippen molar-refractivity contribution in [1.82, 2.24) is 0 Å². The fraction of sp³-hybridized carbons (Fsp3) is 0.316. The number of anilines is 2. The second-order valence-corrected chi connectivity index (χ2v) is 6.21. The number of hydrogen-bond donors (Lipinski definition) is 1. The van der Waals surface area contributed by atoms with Crippen LogP contribution >= 0.6 is 11.6 Å². The Morgan fingerprint density at radius 3 is 2.96 bits per heavy atom. The van der Waals surface area contributed by atoms with E-state index in [2.05, 4.69) is 29.3 Å². The number of nitrogens with zero attached hydrogens (tertiary/aromatic N) is 1. The number of rotatable bonds is 6. The van der Waals surface area contributed by atoms with Gasteiger partial charge in [0.15, 0.2) is 0 Å². The standard InChI is InChI=1S/C19H21ClN2O2/c1-2-22-10-8-14-6-7-16(13-18(14)22)21-19(23)9-11-24-17-5-3-4-15(20)12-17/h3-7,12-13H,2,8-11H2,1H3,(H,21,23). The van der Waals surface area contributed by atoms with Crippen LogP contribution in [0.3, 0.4) is 0 Å². The van der Waals surface area contributed by atoms with E-state index in [0.29, 0.717) is 23.8 Å². The Hall–Kier alpha value is -2.20. The number of benzene rings is 2. The van der Waals surface area contributed by atoms with E-state index in [4.69, 9.17) is 16.3 Å². The molecule has 0 bridgehead atoms. The summed E-state index contributed by atoms with van der Waals surface area (Å²) in [6.07, 6.45) is 1.37. The van der Waals surface area contributed by atoms with Crippen molar-refractivity contribution >= 4 is 28.9 Å². The SMILES string of the molecule is CCN1CCc2ccc(NC(=O)CCOc3cccc(Cl)c3)cc21. The van der Waals surface area contributed by atoms with Crippen molar-refractivity contribution in [3.8, 4) is 5.75 Å². The van der Waals surface area contributed by atoms with Gasteiger partial charge in [-0.05, 0) is 49.2 Å². The predicted octanol–water partition coefficient (Wildman–Crippen LogP) is 4.13. The minimum Gasteiger partial charge on any atom is -0.493 e. The first-order valence-corrected chi connectivity index (χ1v) is 8.59. The van der Waals surface area contributed by atoms with Gasteiger partial charge in [0.2, 0.25) is 5.91 Å². The van der Waals surface area contributed by atoms with Crippen LogP contribution in [0.25, 0.3) is 0 Å². The fourth-order valence-corrected chi connectivity index (χ4v) is 3.07. The quantitative estimate of drug-likeness (QED) is 0.856. The van der Waals surface area contributed by atoms with E-state index >= 15 is 0 Å². The normalized spacial score (nSPS) is 12.8. The highest BCUT2D eigenvalue weighted by molar-refractivity contribution is 6.30. The molecule has 0 aliphatic carbocycles. The van der Waals surface area contributed by atoms with Gasteiger partial charge in [0, 0.05) is 29.5 Å². The van der Waals surface area contributed by atoms with E-state index in [-0.39, 0.29) is 5.91 Å². The van der Waals surface area contributed by atoms with Crippen molar-refractivity contribution in [3.05, 3.63) is 53.1 Å². The summed E-state index contributed by atoms with van der Waals surface area (Å²) in [6, 6.07) is 13.3. The average molecular weight is 345 g/mol. The van der Waals surface area contributed by atoms with Crippen LogP contribution in [-0.2, 0) is 11.2 Å². The highest BCUT2D eigenvalue weighted by Gasteiger charge is 2.18. The Bertz CT molecular complexity index is 733. The zero-order valence-electron chi connectivity index (χ0n) is 13.7. The van der Waals surface area contributed by atoms with Gasteiger partial charge in [0.1, 0.15) is 5.75 Å². The third kappa shape index (κ3) is 4.01. The molecule has 0 fully saturated rings. The molecule has 4 nitrogen and oxygen atoms in total. The van der Waals surface area contributed by atoms with E-state index in [1.807, 2.05) is 18.2 Å². The van der Waals surface area contributed by atoms with Gasteiger partial charge in [0.05, 0.1) is 13.0 Å². The zero-order chi connectivity index (χ0) is 16.9. The molecular formula is C19H21ClN2O2. The number of amides is 1. The molecule has 0 radical (unpaired) electrons. The van der Waals surface area contributed by atoms with Gasteiger partial charge in [0.25, 0.3) is 0 Å². The summed E-state index contributed by atoms with van der Waals surface area (Å²) in [5.74, 6) is 0.615. The van der Waals surface area contributed by atoms with E-state index in [1.54, 1.807) is 12.1 Å². The molecule has 1 amide bonds. The van der Waals surface area contributed by atoms with E-state index in [1.165, 1.54) is 11.3 Å². The molecule has 126 valence electrons. The van der Waals surface area contributed by atoms with Crippen LogP contribution in [-0.4, -0.2) is 25.6 Å². The number of ether oxygens (including phenoxy) is 1. The molecule has 2 aromatic rings. The van der Waals surface area contributed by atoms with Gasteiger partial charge in [-0.1, -0.05) is 23.7 Å². The number of hydrogen-bond acceptors (Lipinski definition) is 3. The Kier molecular flexibility index (Phi) is 5.26. The third-order valence-electron chi connectivity index (χ3n) is 4.14. The molecule has 5 heteroatoms. The summed E-state index contributed by atoms with van der Waals surface area (Å²) in [5, 5.41) is 3.56. The van der Waals surface area contributed by atoms with Crippen LogP contribution in [0.1, 0.15) is 18.9 Å². The second kappa shape index (κ2) is 7.58. The molecule has 0 saturated carbocycles. The average Bonchev–Trinajstić information content (AvgIpc) is 2.97. The topological polar surface area (TPSA) is 41.6 Å². The van der Waals surface area contributed by atoms with Crippen molar-refractivity contribution in [3.63, 3.8) is 0 Å². The van der Waals surface area contributed by atoms with E-state index in [0.717, 1.165) is 25.2 Å². The summed E-state index contributed by atoms with van der Waals surface area (Å²) in [5.41, 5.74) is 3.41. The van der Waals surface area contributed by atoms with Crippen LogP contribution in [0.15, 0.2) is 42.5 Å². The number of carbonyl (C=O) groups is 1. The lowest BCUT2D eigenvalue weighted by Gasteiger charge is -2.17. The molecule has 1 heterocycles. The van der Waals surface area contributed by atoms with Crippen LogP contribution in [0.5, 0.6) is 5.75 Å². The lowest BCUT2D eigenvalue weighted by molar-refractivity contribution is -0.116. The van der Waals surface area contributed by atoms with E-state index < -0.39 is 0 Å². The molecule has 3 rings (SSSR count). The molecule has 1 N–H and O–H groups in total. The first kappa shape index (κ1) is 16.7. The first-order chi connectivity index (χ1) is 11.7. The fourth-order valence-electron chi connectivity index (χ4n) is 2.89. The number of carbonyl (C=O) groups excluding carboxylic acids is 1. The molecule has 0 unspecified atom stereocenters. The van der Waals surface area contributed by atoms with Crippen molar-refractivity contribution in [2.75, 3.05) is 29.9 Å². The third-order valence-corrected chi connectivity index (χ3v) is 4.37. The molecule has 2 aromatic carbocycles. The maximum Gasteiger partial charge on any atom is 0.227 e. The smallest absolute Gasteiger partial charge is 0.227 e. The maximum absolute atomic E-state index is 12.1. The molecule has 0 spiro atoms. The maximum atomic E-state index is 12.1. The second-order valence-electron chi connectivity index (χ2n) is 5.78. The van der Waals surface area contributed by atoms with Crippen LogP contribution in [0, 0.1) is 0 Å². The first-order valence-electron chi connectivity index (χ1n) is 8.22. The van der Waals surface area contributed by atoms with Gasteiger partial charge in [-0.15, -0.1) is 0 Å². The van der Waals surface area contributed by atoms with Gasteiger partial charge in [-0.2, -0.15) is 0 Å². The molecule has 0 atom stereocenters. The van der Waals surface area contributed by atoms with Crippen LogP contribution < -0.4 is 15.0 Å². The summed E-state index contributed by atoms with van der Waals surface area (Å²) in [4.78, 5) is 14.4. The molecule has 24 heavy (non-hydrogen) atoms. The highest BCUT2D eigenvalue weighted by atomic mass is 35.5. The number of nitrogens with one attached hydrogen (secondary N) is 1. The summed E-state index contributed by atoms with van der Waals surface area (Å²) < 4.78 is 5.55. The number of halogens is 1. The number of likely N-dealkylation sites (N-methyl/N-ethyl adjacent to an activating group) is 1. The predicted molar refractivity (Wildman–Crippen MR) is 98.2 cm³/mol. The van der Waals surface area contributed by atoms with Gasteiger partial charge in [-0.3, -0.25) is 4.79 Å². The van der Waals surface area contributed by atoms with Crippen molar-refractivity contribution in [2.45, 2.75) is 19.8 Å². The lowest BCUT2D eigenvalue weighted by atomic mass is 10.1. The van der Waals surface area contributed by atoms with Crippen molar-refractivity contribution in [2.24, 2.45) is 0 Å². The van der Waals surface area contributed by atoms with Gasteiger partial charge < -0.3 is 15.0 Å². The Labute approximate surface area is 147 Å². The highest BCUT2D eigenvalue weighted by Crippen LogP contribution is 2.30. The summed E-state index contributed by atoms with van der Waals surface area (Å²) in [7, 11) is 0. The zero-order valence-corrected chi connectivity index (χ0v) is 14.5. The van der Waals surface area contributed by atoms with Crippen LogP contribution in [0.2, 0.25) is 5.02 Å². The van der Waals surface area contributed by atoms with Gasteiger partial charge >= 0.3 is 0 Å².